The quantitative estimate of drug-likeness (QED) is 0.173. The number of allylic oxidation sites excluding steroid dienone is 2. The molecular weight excluding hydrogens is 683 g/mol. The summed E-state index contributed by atoms with van der Waals surface area (Å²) in [7, 11) is 17.3. The van der Waals surface area contributed by atoms with Crippen molar-refractivity contribution in [3.8, 4) is 22.3 Å². The van der Waals surface area contributed by atoms with Crippen LogP contribution in [-0.2, 0) is 15.6 Å². The summed E-state index contributed by atoms with van der Waals surface area (Å²) >= 11 is -4.82. The zero-order chi connectivity index (χ0) is 32.6. The maximum atomic E-state index is 8.66. The van der Waals surface area contributed by atoms with Crippen LogP contribution in [0.2, 0.25) is 13.1 Å². The molecule has 0 saturated heterocycles. The first kappa shape index (κ1) is 33.0. The molecular formula is C41H47Cl2SiZr. The topological polar surface area (TPSA) is 0 Å². The van der Waals surface area contributed by atoms with Crippen molar-refractivity contribution in [3.05, 3.63) is 127 Å². The van der Waals surface area contributed by atoms with Crippen LogP contribution in [0.15, 0.2) is 71.8 Å². The summed E-state index contributed by atoms with van der Waals surface area (Å²) in [5.74, 6) is -1.62. The first-order valence-electron chi connectivity index (χ1n) is 16.6. The molecule has 4 aromatic rings. The Morgan fingerprint density at radius 3 is 1.44 bits per heavy atom. The Bertz CT molecular complexity index is 1900. The van der Waals surface area contributed by atoms with Crippen LogP contribution in [0.5, 0.6) is 0 Å². The average molecular weight is 730 g/mol. The predicted octanol–water partition coefficient (Wildman–Crippen LogP) is 12.9. The third-order valence-electron chi connectivity index (χ3n) is 10.8. The summed E-state index contributed by atoms with van der Waals surface area (Å²) in [6, 6.07) is 23.1. The van der Waals surface area contributed by atoms with Crippen molar-refractivity contribution in [2.75, 3.05) is 0 Å². The first-order valence-corrected chi connectivity index (χ1v) is 32.9. The molecule has 45 heavy (non-hydrogen) atoms. The van der Waals surface area contributed by atoms with Gasteiger partial charge in [-0.1, -0.05) is 0 Å². The van der Waals surface area contributed by atoms with Gasteiger partial charge in [-0.15, -0.1) is 0 Å². The van der Waals surface area contributed by atoms with Crippen molar-refractivity contribution < 1.29 is 15.6 Å². The molecule has 233 valence electrons. The van der Waals surface area contributed by atoms with Gasteiger partial charge in [-0.2, -0.15) is 0 Å². The second-order valence-corrected chi connectivity index (χ2v) is 57.0. The van der Waals surface area contributed by atoms with Gasteiger partial charge < -0.3 is 0 Å². The van der Waals surface area contributed by atoms with E-state index in [1.165, 1.54) is 89.0 Å². The van der Waals surface area contributed by atoms with Crippen molar-refractivity contribution >= 4 is 35.1 Å². The summed E-state index contributed by atoms with van der Waals surface area (Å²) in [5, 5.41) is 0. The zero-order valence-electron chi connectivity index (χ0n) is 28.6. The second kappa shape index (κ2) is 11.6. The normalized spacial score (nSPS) is 18.4. The molecule has 0 heterocycles. The molecule has 2 atom stereocenters. The summed E-state index contributed by atoms with van der Waals surface area (Å²) in [6.07, 6.45) is 5.89. The Hall–Kier alpha value is -1.96. The van der Waals surface area contributed by atoms with Crippen LogP contribution in [0.3, 0.4) is 0 Å². The van der Waals surface area contributed by atoms with Crippen LogP contribution in [0.4, 0.5) is 0 Å². The fourth-order valence-electron chi connectivity index (χ4n) is 8.81. The van der Waals surface area contributed by atoms with Gasteiger partial charge in [0, 0.05) is 0 Å². The van der Waals surface area contributed by atoms with Crippen LogP contribution in [0, 0.1) is 41.5 Å². The molecule has 2 unspecified atom stereocenters. The zero-order valence-corrected chi connectivity index (χ0v) is 33.7. The predicted molar refractivity (Wildman–Crippen MR) is 200 cm³/mol. The van der Waals surface area contributed by atoms with Gasteiger partial charge >= 0.3 is 283 Å². The maximum absolute atomic E-state index is 8.66. The standard InChI is InChI=1S/C20H21.C19H19.C2H7Si.2ClH.Zr/c1-5-16-11-19-15(4)6-7-18(20(19)12-16)17-9-13(2)8-14(3)10-17;1-12-7-13(2)9-16(8-12)17-6-5-15(4)18-10-14(3)11-19(17)18;1-3-2;;;/h6-12H,5H2,1-4H3;5-11H,1-4H3;3H,1-2H3;2*1H;/q;;;;;+2/p-2. The monoisotopic (exact) mass is 727 g/mol. The molecule has 4 aromatic carbocycles. The molecule has 0 bridgehead atoms. The molecule has 0 N–H and O–H groups in total. The van der Waals surface area contributed by atoms with E-state index in [1.54, 1.807) is 0 Å². The van der Waals surface area contributed by atoms with Crippen LogP contribution < -0.4 is 0 Å². The van der Waals surface area contributed by atoms with E-state index in [-0.39, 0.29) is 7.25 Å². The number of benzene rings is 4. The van der Waals surface area contributed by atoms with E-state index in [1.807, 2.05) is 0 Å². The van der Waals surface area contributed by atoms with Gasteiger partial charge in [0.25, 0.3) is 0 Å². The Labute approximate surface area is 280 Å². The Balaban J connectivity index is 1.62. The molecule has 2 aliphatic rings. The number of fused-ring (bicyclic) bond motifs is 2. The fourth-order valence-corrected chi connectivity index (χ4v) is 41.2. The number of rotatable bonds is 6. The van der Waals surface area contributed by atoms with Crippen molar-refractivity contribution in [3.63, 3.8) is 0 Å². The van der Waals surface area contributed by atoms with Gasteiger partial charge in [0.2, 0.25) is 0 Å². The van der Waals surface area contributed by atoms with Gasteiger partial charge in [-0.25, -0.2) is 0 Å². The molecule has 0 aliphatic heterocycles. The summed E-state index contributed by atoms with van der Waals surface area (Å²) in [6.45, 7) is 22.9. The molecule has 6 rings (SSSR count). The third kappa shape index (κ3) is 5.18. The average Bonchev–Trinajstić information content (AvgIpc) is 3.53. The molecule has 0 amide bonds. The van der Waals surface area contributed by atoms with Gasteiger partial charge in [0.15, 0.2) is 0 Å². The molecule has 0 radical (unpaired) electrons. The van der Waals surface area contributed by atoms with Crippen LogP contribution in [0.25, 0.3) is 34.4 Å². The molecule has 0 aromatic heterocycles. The van der Waals surface area contributed by atoms with E-state index in [0.29, 0.717) is 0 Å². The van der Waals surface area contributed by atoms with Crippen molar-refractivity contribution in [1.29, 1.82) is 0 Å². The van der Waals surface area contributed by atoms with E-state index in [0.717, 1.165) is 6.42 Å². The molecule has 0 spiro atoms. The molecule has 0 saturated carbocycles. The summed E-state index contributed by atoms with van der Waals surface area (Å²) in [4.78, 5) is 0. The molecule has 4 heteroatoms. The van der Waals surface area contributed by atoms with E-state index >= 15 is 0 Å². The Morgan fingerprint density at radius 1 is 0.600 bits per heavy atom. The fraction of sp³-hybridized carbons (Fsp3) is 0.317. The van der Waals surface area contributed by atoms with Gasteiger partial charge in [0.05, 0.1) is 0 Å². The van der Waals surface area contributed by atoms with Crippen LogP contribution >= 0.6 is 17.0 Å². The summed E-state index contributed by atoms with van der Waals surface area (Å²) in [5.41, 5.74) is 21.2. The molecule has 2 aliphatic carbocycles. The SMILES string of the molecule is CCC1=Cc2c(-c3cc(C)cc(C)c3)ccc(C)c2[CH]1[Zr]([Cl])([Cl])([CH]1C(C)=Cc2c(-c3cc(C)cc(C)c3)ccc(C)c21)[SiH](C)C. The van der Waals surface area contributed by atoms with E-state index < -0.39 is 21.5 Å². The van der Waals surface area contributed by atoms with Crippen molar-refractivity contribution in [2.45, 2.75) is 82.2 Å². The molecule has 0 nitrogen and oxygen atoms in total. The van der Waals surface area contributed by atoms with E-state index in [4.69, 9.17) is 17.0 Å². The Morgan fingerprint density at radius 2 is 1.02 bits per heavy atom. The third-order valence-corrected chi connectivity index (χ3v) is 62.7. The minimum atomic E-state index is -4.82. The number of hydrogen-bond donors (Lipinski definition) is 0. The van der Waals surface area contributed by atoms with Gasteiger partial charge in [0.1, 0.15) is 0 Å². The molecule has 0 fully saturated rings. The van der Waals surface area contributed by atoms with Crippen molar-refractivity contribution in [2.24, 2.45) is 0 Å². The Kier molecular flexibility index (Phi) is 8.52. The van der Waals surface area contributed by atoms with E-state index in [9.17, 15) is 0 Å². The summed E-state index contributed by atoms with van der Waals surface area (Å²) < 4.78 is 0.202. The van der Waals surface area contributed by atoms with Crippen LogP contribution in [-0.4, -0.2) is 5.92 Å². The van der Waals surface area contributed by atoms with Crippen LogP contribution in [0.1, 0.15) is 83.2 Å². The van der Waals surface area contributed by atoms with Crippen molar-refractivity contribution in [1.82, 2.24) is 0 Å². The number of hydrogen-bond acceptors (Lipinski definition) is 0. The van der Waals surface area contributed by atoms with E-state index in [2.05, 4.69) is 141 Å². The first-order chi connectivity index (χ1) is 21.1. The minimum absolute atomic E-state index is 0.0949. The van der Waals surface area contributed by atoms with Gasteiger partial charge in [-0.05, 0) is 0 Å². The number of halogens is 2. The second-order valence-electron chi connectivity index (χ2n) is 14.5. The number of aryl methyl sites for hydroxylation is 6. The van der Waals surface area contributed by atoms with Gasteiger partial charge in [-0.3, -0.25) is 0 Å².